The van der Waals surface area contributed by atoms with Crippen molar-refractivity contribution < 1.29 is 5.11 Å². The largest absolute Gasteiger partial charge is 0.508 e. The SMILES string of the molecule is CCCNC(Cc1ccc(O)cc1)c1cccnc1. The van der Waals surface area contributed by atoms with Crippen molar-refractivity contribution in [2.24, 2.45) is 0 Å². The van der Waals surface area contributed by atoms with Crippen LogP contribution in [0, 0.1) is 0 Å². The van der Waals surface area contributed by atoms with E-state index in [9.17, 15) is 5.11 Å². The zero-order chi connectivity index (χ0) is 13.5. The Kier molecular flexibility index (Phi) is 4.93. The van der Waals surface area contributed by atoms with Gasteiger partial charge in [0.2, 0.25) is 0 Å². The lowest BCUT2D eigenvalue weighted by Crippen LogP contribution is -2.24. The standard InChI is InChI=1S/C16H20N2O/c1-2-9-18-16(14-4-3-10-17-12-14)11-13-5-7-15(19)8-6-13/h3-8,10,12,16,18-19H,2,9,11H2,1H3. The number of phenolic OH excluding ortho intramolecular Hbond substituents is 1. The van der Waals surface area contributed by atoms with E-state index >= 15 is 0 Å². The molecule has 2 rings (SSSR count). The molecule has 1 aromatic carbocycles. The molecule has 0 aliphatic carbocycles. The van der Waals surface area contributed by atoms with Crippen LogP contribution >= 0.6 is 0 Å². The monoisotopic (exact) mass is 256 g/mol. The number of hydrogen-bond acceptors (Lipinski definition) is 3. The van der Waals surface area contributed by atoms with Crippen molar-refractivity contribution in [1.29, 1.82) is 0 Å². The molecular weight excluding hydrogens is 236 g/mol. The molecule has 19 heavy (non-hydrogen) atoms. The van der Waals surface area contributed by atoms with E-state index < -0.39 is 0 Å². The third-order valence-electron chi connectivity index (χ3n) is 3.10. The first-order valence-electron chi connectivity index (χ1n) is 6.71. The molecule has 0 aliphatic rings. The molecule has 2 N–H and O–H groups in total. The number of benzene rings is 1. The number of pyridine rings is 1. The molecule has 0 radical (unpaired) electrons. The molecule has 0 bridgehead atoms. The van der Waals surface area contributed by atoms with Gasteiger partial charge in [-0.15, -0.1) is 0 Å². The summed E-state index contributed by atoms with van der Waals surface area (Å²) >= 11 is 0. The van der Waals surface area contributed by atoms with Crippen molar-refractivity contribution >= 4 is 0 Å². The first-order valence-corrected chi connectivity index (χ1v) is 6.71. The minimum atomic E-state index is 0.262. The Morgan fingerprint density at radius 2 is 2.00 bits per heavy atom. The summed E-state index contributed by atoms with van der Waals surface area (Å²) < 4.78 is 0. The highest BCUT2D eigenvalue weighted by Crippen LogP contribution is 2.19. The predicted molar refractivity (Wildman–Crippen MR) is 77.1 cm³/mol. The third-order valence-corrected chi connectivity index (χ3v) is 3.10. The maximum absolute atomic E-state index is 9.32. The van der Waals surface area contributed by atoms with Crippen LogP contribution < -0.4 is 5.32 Å². The zero-order valence-electron chi connectivity index (χ0n) is 11.2. The number of phenols is 1. The Bertz CT molecular complexity index is 482. The molecule has 1 atom stereocenters. The van der Waals surface area contributed by atoms with Crippen LogP contribution in [0.25, 0.3) is 0 Å². The topological polar surface area (TPSA) is 45.1 Å². The van der Waals surface area contributed by atoms with Crippen LogP contribution in [-0.2, 0) is 6.42 Å². The smallest absolute Gasteiger partial charge is 0.115 e. The van der Waals surface area contributed by atoms with Crippen molar-refractivity contribution in [2.75, 3.05) is 6.54 Å². The molecule has 1 unspecified atom stereocenters. The molecule has 3 heteroatoms. The zero-order valence-corrected chi connectivity index (χ0v) is 11.2. The van der Waals surface area contributed by atoms with Gasteiger partial charge in [-0.05, 0) is 48.7 Å². The minimum Gasteiger partial charge on any atom is -0.508 e. The van der Waals surface area contributed by atoms with Crippen LogP contribution in [0.2, 0.25) is 0 Å². The second-order valence-corrected chi connectivity index (χ2v) is 4.66. The molecule has 2 aromatic rings. The normalized spacial score (nSPS) is 12.3. The van der Waals surface area contributed by atoms with Gasteiger partial charge in [-0.1, -0.05) is 25.1 Å². The average molecular weight is 256 g/mol. The molecule has 0 saturated carbocycles. The fourth-order valence-corrected chi connectivity index (χ4v) is 2.08. The van der Waals surface area contributed by atoms with Gasteiger partial charge in [0.25, 0.3) is 0 Å². The summed E-state index contributed by atoms with van der Waals surface area (Å²) in [6, 6.07) is 11.7. The van der Waals surface area contributed by atoms with Gasteiger partial charge in [0.15, 0.2) is 0 Å². The van der Waals surface area contributed by atoms with Crippen molar-refractivity contribution in [3.8, 4) is 5.75 Å². The lowest BCUT2D eigenvalue weighted by atomic mass is 10.00. The third kappa shape index (κ3) is 4.07. The Balaban J connectivity index is 2.11. The molecule has 0 aliphatic heterocycles. The highest BCUT2D eigenvalue weighted by molar-refractivity contribution is 5.28. The van der Waals surface area contributed by atoms with Gasteiger partial charge in [0, 0.05) is 18.4 Å². The van der Waals surface area contributed by atoms with Gasteiger partial charge >= 0.3 is 0 Å². The van der Waals surface area contributed by atoms with E-state index in [0.717, 1.165) is 19.4 Å². The number of rotatable bonds is 6. The number of aromatic nitrogens is 1. The molecule has 0 fully saturated rings. The van der Waals surface area contributed by atoms with Crippen LogP contribution in [0.3, 0.4) is 0 Å². The number of nitrogens with one attached hydrogen (secondary N) is 1. The van der Waals surface area contributed by atoms with Crippen LogP contribution in [0.4, 0.5) is 0 Å². The Hall–Kier alpha value is -1.87. The van der Waals surface area contributed by atoms with Gasteiger partial charge in [0.1, 0.15) is 5.75 Å². The molecule has 0 saturated heterocycles. The summed E-state index contributed by atoms with van der Waals surface area (Å²) in [5.41, 5.74) is 2.40. The summed E-state index contributed by atoms with van der Waals surface area (Å²) in [6.45, 7) is 3.14. The Morgan fingerprint density at radius 1 is 1.21 bits per heavy atom. The summed E-state index contributed by atoms with van der Waals surface area (Å²) in [5.74, 6) is 0.309. The first kappa shape index (κ1) is 13.6. The molecule has 3 nitrogen and oxygen atoms in total. The summed E-state index contributed by atoms with van der Waals surface area (Å²) in [4.78, 5) is 4.19. The number of nitrogens with zero attached hydrogens (tertiary/aromatic N) is 1. The van der Waals surface area contributed by atoms with Crippen molar-refractivity contribution in [3.63, 3.8) is 0 Å². The van der Waals surface area contributed by atoms with Crippen molar-refractivity contribution in [3.05, 3.63) is 59.9 Å². The number of aromatic hydroxyl groups is 1. The quantitative estimate of drug-likeness (QED) is 0.835. The number of hydrogen-bond donors (Lipinski definition) is 2. The van der Waals surface area contributed by atoms with E-state index in [1.807, 2.05) is 24.4 Å². The Labute approximate surface area is 114 Å². The fourth-order valence-electron chi connectivity index (χ4n) is 2.08. The summed E-state index contributed by atoms with van der Waals surface area (Å²) in [7, 11) is 0. The maximum atomic E-state index is 9.32. The summed E-state index contributed by atoms with van der Waals surface area (Å²) in [6.07, 6.45) is 5.70. The molecule has 1 heterocycles. The minimum absolute atomic E-state index is 0.262. The van der Waals surface area contributed by atoms with E-state index in [-0.39, 0.29) is 6.04 Å². The Morgan fingerprint density at radius 3 is 2.63 bits per heavy atom. The van der Waals surface area contributed by atoms with E-state index in [4.69, 9.17) is 0 Å². The van der Waals surface area contributed by atoms with Crippen molar-refractivity contribution in [2.45, 2.75) is 25.8 Å². The van der Waals surface area contributed by atoms with E-state index in [1.54, 1.807) is 18.3 Å². The highest BCUT2D eigenvalue weighted by Gasteiger charge is 2.11. The second kappa shape index (κ2) is 6.90. The molecular formula is C16H20N2O. The molecule has 0 spiro atoms. The predicted octanol–water partition coefficient (Wildman–Crippen LogP) is 3.07. The van der Waals surface area contributed by atoms with E-state index in [0.29, 0.717) is 5.75 Å². The van der Waals surface area contributed by atoms with Gasteiger partial charge in [-0.2, -0.15) is 0 Å². The van der Waals surface area contributed by atoms with Crippen molar-refractivity contribution in [1.82, 2.24) is 10.3 Å². The van der Waals surface area contributed by atoms with Gasteiger partial charge in [-0.25, -0.2) is 0 Å². The van der Waals surface area contributed by atoms with Crippen LogP contribution in [0.5, 0.6) is 5.75 Å². The van der Waals surface area contributed by atoms with Gasteiger partial charge < -0.3 is 10.4 Å². The van der Waals surface area contributed by atoms with Gasteiger partial charge in [-0.3, -0.25) is 4.98 Å². The van der Waals surface area contributed by atoms with Crippen LogP contribution in [0.1, 0.15) is 30.5 Å². The molecule has 100 valence electrons. The molecule has 0 amide bonds. The fraction of sp³-hybridized carbons (Fsp3) is 0.312. The summed E-state index contributed by atoms with van der Waals surface area (Å²) in [5, 5.41) is 12.9. The van der Waals surface area contributed by atoms with E-state index in [1.165, 1.54) is 11.1 Å². The highest BCUT2D eigenvalue weighted by atomic mass is 16.3. The first-order chi connectivity index (χ1) is 9.29. The van der Waals surface area contributed by atoms with Gasteiger partial charge in [0.05, 0.1) is 0 Å². The lowest BCUT2D eigenvalue weighted by molar-refractivity contribution is 0.474. The maximum Gasteiger partial charge on any atom is 0.115 e. The van der Waals surface area contributed by atoms with E-state index in [2.05, 4.69) is 23.3 Å². The van der Waals surface area contributed by atoms with Crippen LogP contribution in [0.15, 0.2) is 48.8 Å². The molecule has 1 aromatic heterocycles. The second-order valence-electron chi connectivity index (χ2n) is 4.66. The average Bonchev–Trinajstić information content (AvgIpc) is 2.46. The van der Waals surface area contributed by atoms with Crippen LogP contribution in [-0.4, -0.2) is 16.6 Å². The lowest BCUT2D eigenvalue weighted by Gasteiger charge is -2.18.